The van der Waals surface area contributed by atoms with Gasteiger partial charge in [-0.05, 0) is 66.8 Å². The summed E-state index contributed by atoms with van der Waals surface area (Å²) in [5.74, 6) is 1.10. The lowest BCUT2D eigenvalue weighted by molar-refractivity contribution is 0.0357. The number of aromatic nitrogens is 1. The number of hydrogen-bond donors (Lipinski definition) is 0. The maximum Gasteiger partial charge on any atom is 0.272 e. The molecule has 0 bridgehead atoms. The van der Waals surface area contributed by atoms with E-state index < -0.39 is 0 Å². The average molecular weight is 484 g/mol. The Morgan fingerprint density at radius 2 is 1.64 bits per heavy atom. The third-order valence-electron chi connectivity index (χ3n) is 7.84. The van der Waals surface area contributed by atoms with Gasteiger partial charge >= 0.3 is 0 Å². The highest BCUT2D eigenvalue weighted by Gasteiger charge is 2.37. The van der Waals surface area contributed by atoms with Crippen LogP contribution in [0.2, 0.25) is 0 Å². The van der Waals surface area contributed by atoms with Gasteiger partial charge in [-0.2, -0.15) is 0 Å². The fourth-order valence-corrected chi connectivity index (χ4v) is 5.80. The van der Waals surface area contributed by atoms with E-state index >= 15 is 0 Å². The predicted molar refractivity (Wildman–Crippen MR) is 143 cm³/mol. The Kier molecular flexibility index (Phi) is 7.97. The van der Waals surface area contributed by atoms with Crippen LogP contribution < -0.4 is 4.74 Å². The van der Waals surface area contributed by atoms with E-state index in [9.17, 15) is 4.79 Å². The minimum Gasteiger partial charge on any atom is -0.492 e. The molecule has 1 aromatic heterocycles. The van der Waals surface area contributed by atoms with Gasteiger partial charge in [-0.15, -0.1) is 0 Å². The molecule has 188 valence electrons. The van der Waals surface area contributed by atoms with Gasteiger partial charge in [0.05, 0.1) is 0 Å². The first-order chi connectivity index (χ1) is 17.7. The van der Waals surface area contributed by atoms with Crippen molar-refractivity contribution in [1.82, 2.24) is 14.8 Å². The number of piperidine rings is 1. The van der Waals surface area contributed by atoms with Crippen molar-refractivity contribution in [2.24, 2.45) is 5.41 Å². The molecule has 3 heterocycles. The SMILES string of the molecule is O=C(c1ccccn1)N1CCC2(CCCCc3ccccc3OCCN(Cc3ccccc3)C2)CC1. The second-order valence-electron chi connectivity index (χ2n) is 10.4. The average Bonchev–Trinajstić information content (AvgIpc) is 2.92. The van der Waals surface area contributed by atoms with Crippen molar-refractivity contribution in [1.29, 1.82) is 0 Å². The van der Waals surface area contributed by atoms with E-state index in [1.807, 2.05) is 23.1 Å². The van der Waals surface area contributed by atoms with Gasteiger partial charge < -0.3 is 9.64 Å². The molecule has 1 amide bonds. The van der Waals surface area contributed by atoms with Gasteiger partial charge in [-0.25, -0.2) is 0 Å². The molecule has 1 fully saturated rings. The van der Waals surface area contributed by atoms with Gasteiger partial charge in [0.25, 0.3) is 5.91 Å². The van der Waals surface area contributed by atoms with Crippen molar-refractivity contribution in [2.45, 2.75) is 45.1 Å². The van der Waals surface area contributed by atoms with Crippen LogP contribution in [0.4, 0.5) is 0 Å². The molecule has 2 aliphatic heterocycles. The minimum absolute atomic E-state index is 0.0600. The summed E-state index contributed by atoms with van der Waals surface area (Å²) in [4.78, 5) is 21.9. The molecule has 3 aromatic rings. The maximum absolute atomic E-state index is 13.0. The molecular weight excluding hydrogens is 446 g/mol. The summed E-state index contributed by atoms with van der Waals surface area (Å²) in [6.07, 6.45) is 8.39. The Labute approximate surface area is 215 Å². The number of pyridine rings is 1. The number of carbonyl (C=O) groups is 1. The van der Waals surface area contributed by atoms with E-state index in [-0.39, 0.29) is 11.3 Å². The first-order valence-corrected chi connectivity index (χ1v) is 13.4. The third-order valence-corrected chi connectivity index (χ3v) is 7.84. The van der Waals surface area contributed by atoms with E-state index in [0.29, 0.717) is 12.3 Å². The summed E-state index contributed by atoms with van der Waals surface area (Å²) >= 11 is 0. The molecule has 2 aromatic carbocycles. The Morgan fingerprint density at radius 1 is 0.861 bits per heavy atom. The van der Waals surface area contributed by atoms with Crippen LogP contribution in [0.3, 0.4) is 0 Å². The first-order valence-electron chi connectivity index (χ1n) is 13.4. The number of para-hydroxylation sites is 1. The van der Waals surface area contributed by atoms with Crippen molar-refractivity contribution in [3.63, 3.8) is 0 Å². The normalized spacial score (nSPS) is 18.9. The molecular formula is C31H37N3O2. The topological polar surface area (TPSA) is 45.7 Å². The summed E-state index contributed by atoms with van der Waals surface area (Å²) in [5.41, 5.74) is 3.42. The highest BCUT2D eigenvalue weighted by atomic mass is 16.5. The molecule has 0 unspecified atom stereocenters. The molecule has 2 aliphatic rings. The van der Waals surface area contributed by atoms with Crippen LogP contribution >= 0.6 is 0 Å². The third kappa shape index (κ3) is 6.14. The van der Waals surface area contributed by atoms with Gasteiger partial charge in [0.1, 0.15) is 18.1 Å². The standard InChI is InChI=1S/C31H37N3O2/c35-30(28-14-7-9-19-32-28)34-20-17-31(18-21-34)16-8-6-13-27-12-4-5-15-29(27)36-23-22-33(25-31)24-26-10-2-1-3-11-26/h1-5,7,9-12,14-15,19H,6,8,13,16-18,20-25H2. The van der Waals surface area contributed by atoms with E-state index in [1.54, 1.807) is 6.20 Å². The lowest BCUT2D eigenvalue weighted by atomic mass is 9.73. The zero-order valence-corrected chi connectivity index (χ0v) is 21.1. The van der Waals surface area contributed by atoms with Crippen molar-refractivity contribution < 1.29 is 9.53 Å². The highest BCUT2D eigenvalue weighted by molar-refractivity contribution is 5.92. The second-order valence-corrected chi connectivity index (χ2v) is 10.4. The Morgan fingerprint density at radius 3 is 2.44 bits per heavy atom. The molecule has 0 N–H and O–H groups in total. The molecule has 1 spiro atoms. The zero-order chi connectivity index (χ0) is 24.6. The van der Waals surface area contributed by atoms with Gasteiger partial charge in [-0.1, -0.05) is 61.0 Å². The monoisotopic (exact) mass is 483 g/mol. The number of hydrogen-bond acceptors (Lipinski definition) is 4. The molecule has 36 heavy (non-hydrogen) atoms. The lowest BCUT2D eigenvalue weighted by Crippen LogP contribution is -2.48. The van der Waals surface area contributed by atoms with Crippen molar-refractivity contribution in [3.8, 4) is 5.75 Å². The summed E-state index contributed by atoms with van der Waals surface area (Å²) in [6.45, 7) is 5.14. The number of amides is 1. The second kappa shape index (κ2) is 11.7. The van der Waals surface area contributed by atoms with Gasteiger partial charge in [-0.3, -0.25) is 14.7 Å². The van der Waals surface area contributed by atoms with Gasteiger partial charge in [0.15, 0.2) is 0 Å². The van der Waals surface area contributed by atoms with Crippen molar-refractivity contribution in [3.05, 3.63) is 95.8 Å². The molecule has 0 saturated carbocycles. The molecule has 5 heteroatoms. The van der Waals surface area contributed by atoms with Crippen molar-refractivity contribution in [2.75, 3.05) is 32.8 Å². The number of carbonyl (C=O) groups excluding carboxylic acids is 1. The number of fused-ring (bicyclic) bond motifs is 1. The molecule has 1 saturated heterocycles. The first kappa shape index (κ1) is 24.5. The van der Waals surface area contributed by atoms with Crippen LogP contribution in [0, 0.1) is 5.41 Å². The van der Waals surface area contributed by atoms with Crippen LogP contribution in [0.1, 0.15) is 53.7 Å². The zero-order valence-electron chi connectivity index (χ0n) is 21.1. The number of rotatable bonds is 3. The summed E-state index contributed by atoms with van der Waals surface area (Å²) in [5, 5.41) is 0. The van der Waals surface area contributed by atoms with Crippen LogP contribution in [0.15, 0.2) is 79.0 Å². The predicted octanol–water partition coefficient (Wildman–Crippen LogP) is 5.61. The summed E-state index contributed by atoms with van der Waals surface area (Å²) in [6, 6.07) is 24.8. The van der Waals surface area contributed by atoms with E-state index in [4.69, 9.17) is 4.74 Å². The summed E-state index contributed by atoms with van der Waals surface area (Å²) in [7, 11) is 0. The molecule has 5 nitrogen and oxygen atoms in total. The molecule has 0 radical (unpaired) electrons. The Balaban J connectivity index is 1.32. The van der Waals surface area contributed by atoms with Crippen LogP contribution in [0.5, 0.6) is 5.75 Å². The quantitative estimate of drug-likeness (QED) is 0.486. The van der Waals surface area contributed by atoms with Gasteiger partial charge in [0, 0.05) is 38.9 Å². The van der Waals surface area contributed by atoms with Gasteiger partial charge in [0.2, 0.25) is 0 Å². The molecule has 0 aliphatic carbocycles. The highest BCUT2D eigenvalue weighted by Crippen LogP contribution is 2.39. The van der Waals surface area contributed by atoms with E-state index in [0.717, 1.165) is 64.2 Å². The Hall–Kier alpha value is -3.18. The van der Waals surface area contributed by atoms with Crippen LogP contribution in [0.25, 0.3) is 0 Å². The minimum atomic E-state index is 0.0600. The fraction of sp³-hybridized carbons (Fsp3) is 0.419. The largest absolute Gasteiger partial charge is 0.492 e. The van der Waals surface area contributed by atoms with Crippen LogP contribution in [-0.4, -0.2) is 53.5 Å². The summed E-state index contributed by atoms with van der Waals surface area (Å²) < 4.78 is 6.30. The number of aryl methyl sites for hydroxylation is 1. The lowest BCUT2D eigenvalue weighted by Gasteiger charge is -2.45. The number of ether oxygens (including phenoxy) is 1. The number of nitrogens with zero attached hydrogens (tertiary/aromatic N) is 3. The van der Waals surface area contributed by atoms with Crippen molar-refractivity contribution >= 4 is 5.91 Å². The molecule has 0 atom stereocenters. The fourth-order valence-electron chi connectivity index (χ4n) is 5.80. The smallest absolute Gasteiger partial charge is 0.272 e. The van der Waals surface area contributed by atoms with E-state index in [1.165, 1.54) is 24.0 Å². The molecule has 5 rings (SSSR count). The maximum atomic E-state index is 13.0. The number of benzene rings is 2. The van der Waals surface area contributed by atoms with E-state index in [2.05, 4.69) is 64.5 Å². The van der Waals surface area contributed by atoms with Crippen LogP contribution in [-0.2, 0) is 13.0 Å². The Bertz CT molecular complexity index is 1110. The number of likely N-dealkylation sites (tertiary alicyclic amines) is 1.